The van der Waals surface area contributed by atoms with Gasteiger partial charge in [-0.15, -0.1) is 0 Å². The highest BCUT2D eigenvalue weighted by molar-refractivity contribution is 7.80. The van der Waals surface area contributed by atoms with E-state index in [2.05, 4.69) is 0 Å². The van der Waals surface area contributed by atoms with E-state index in [0.29, 0.717) is 12.5 Å². The molecule has 2 rings (SSSR count). The first-order chi connectivity index (χ1) is 9.50. The third kappa shape index (κ3) is 3.24. The Bertz CT molecular complexity index is 504. The van der Waals surface area contributed by atoms with Crippen LogP contribution in [0.25, 0.3) is 0 Å². The first kappa shape index (κ1) is 15.1. The van der Waals surface area contributed by atoms with Gasteiger partial charge in [0.1, 0.15) is 4.99 Å². The Kier molecular flexibility index (Phi) is 4.88. The molecule has 3 nitrogen and oxygen atoms in total. The third-order valence-corrected chi connectivity index (χ3v) is 3.83. The van der Waals surface area contributed by atoms with Gasteiger partial charge in [0, 0.05) is 32.4 Å². The molecule has 1 aromatic rings. The third-order valence-electron chi connectivity index (χ3n) is 3.61. The molecule has 0 unspecified atom stereocenters. The molecule has 0 saturated carbocycles. The predicted molar refractivity (Wildman–Crippen MR) is 79.1 cm³/mol. The second-order valence-electron chi connectivity index (χ2n) is 5.06. The minimum Gasteiger partial charge on any atom is -0.389 e. The van der Waals surface area contributed by atoms with Crippen LogP contribution in [0, 0.1) is 17.6 Å². The molecule has 0 radical (unpaired) electrons. The fourth-order valence-corrected chi connectivity index (χ4v) is 2.60. The van der Waals surface area contributed by atoms with Gasteiger partial charge in [-0.05, 0) is 30.9 Å². The van der Waals surface area contributed by atoms with Crippen molar-refractivity contribution in [1.29, 1.82) is 0 Å². The van der Waals surface area contributed by atoms with Gasteiger partial charge in [-0.25, -0.2) is 8.78 Å². The maximum Gasteiger partial charge on any atom is 0.182 e. The standard InChI is InChI=1S/C14H18F2N2OS/c1-18(8-9-4-6-19-7-5-9)11-3-2-10(14(17)20)12(15)13(11)16/h2-3,9H,4-8H2,1H3,(H2,17,20). The molecule has 1 fully saturated rings. The second-order valence-corrected chi connectivity index (χ2v) is 5.50. The largest absolute Gasteiger partial charge is 0.389 e. The lowest BCUT2D eigenvalue weighted by Gasteiger charge is -2.28. The van der Waals surface area contributed by atoms with Gasteiger partial charge in [-0.1, -0.05) is 12.2 Å². The van der Waals surface area contributed by atoms with Crippen molar-refractivity contribution < 1.29 is 13.5 Å². The van der Waals surface area contributed by atoms with Crippen molar-refractivity contribution in [1.82, 2.24) is 0 Å². The number of anilines is 1. The van der Waals surface area contributed by atoms with Crippen molar-refractivity contribution in [2.75, 3.05) is 31.7 Å². The molecule has 0 aromatic heterocycles. The zero-order chi connectivity index (χ0) is 14.7. The minimum atomic E-state index is -0.978. The Morgan fingerprint density at radius 3 is 2.60 bits per heavy atom. The molecule has 1 saturated heterocycles. The second kappa shape index (κ2) is 6.45. The van der Waals surface area contributed by atoms with E-state index < -0.39 is 11.6 Å². The summed E-state index contributed by atoms with van der Waals surface area (Å²) in [5, 5.41) is 0. The van der Waals surface area contributed by atoms with E-state index in [9.17, 15) is 8.78 Å². The van der Waals surface area contributed by atoms with Crippen LogP contribution in [0.4, 0.5) is 14.5 Å². The quantitative estimate of drug-likeness (QED) is 0.867. The van der Waals surface area contributed by atoms with E-state index in [-0.39, 0.29) is 16.2 Å². The molecule has 6 heteroatoms. The summed E-state index contributed by atoms with van der Waals surface area (Å²) in [5.41, 5.74) is 5.53. The van der Waals surface area contributed by atoms with E-state index >= 15 is 0 Å². The van der Waals surface area contributed by atoms with Crippen LogP contribution in [-0.2, 0) is 4.74 Å². The molecular formula is C14H18F2N2OS. The van der Waals surface area contributed by atoms with Crippen LogP contribution in [0.15, 0.2) is 12.1 Å². The zero-order valence-electron chi connectivity index (χ0n) is 11.4. The molecule has 0 bridgehead atoms. The summed E-state index contributed by atoms with van der Waals surface area (Å²) in [7, 11) is 1.76. The highest BCUT2D eigenvalue weighted by Gasteiger charge is 2.20. The summed E-state index contributed by atoms with van der Waals surface area (Å²) in [6.07, 6.45) is 1.89. The monoisotopic (exact) mass is 300 g/mol. The maximum absolute atomic E-state index is 14.1. The molecule has 0 aliphatic carbocycles. The summed E-state index contributed by atoms with van der Waals surface area (Å²) in [6.45, 7) is 2.14. The number of ether oxygens (including phenoxy) is 1. The number of halogens is 2. The van der Waals surface area contributed by atoms with Gasteiger partial charge in [0.15, 0.2) is 11.6 Å². The molecule has 1 aliphatic heterocycles. The summed E-state index contributed by atoms with van der Waals surface area (Å²) in [5.74, 6) is -1.44. The Balaban J connectivity index is 2.15. The number of hydrogen-bond acceptors (Lipinski definition) is 3. The van der Waals surface area contributed by atoms with Gasteiger partial charge in [0.2, 0.25) is 0 Å². The Morgan fingerprint density at radius 1 is 1.35 bits per heavy atom. The van der Waals surface area contributed by atoms with Crippen molar-refractivity contribution >= 4 is 22.9 Å². The van der Waals surface area contributed by atoms with Gasteiger partial charge in [-0.2, -0.15) is 0 Å². The Morgan fingerprint density at radius 2 is 2.00 bits per heavy atom. The van der Waals surface area contributed by atoms with E-state index in [1.807, 2.05) is 0 Å². The zero-order valence-corrected chi connectivity index (χ0v) is 12.2. The van der Waals surface area contributed by atoms with Crippen molar-refractivity contribution in [3.05, 3.63) is 29.3 Å². The average molecular weight is 300 g/mol. The maximum atomic E-state index is 14.1. The number of hydrogen-bond donors (Lipinski definition) is 1. The molecule has 0 spiro atoms. The van der Waals surface area contributed by atoms with Crippen LogP contribution in [-0.4, -0.2) is 31.8 Å². The van der Waals surface area contributed by atoms with E-state index in [0.717, 1.165) is 26.1 Å². The lowest BCUT2D eigenvalue weighted by atomic mass is 9.99. The molecule has 0 amide bonds. The van der Waals surface area contributed by atoms with Crippen molar-refractivity contribution in [3.63, 3.8) is 0 Å². The average Bonchev–Trinajstić information content (AvgIpc) is 2.42. The number of thiocarbonyl (C=S) groups is 1. The summed E-state index contributed by atoms with van der Waals surface area (Å²) in [4.78, 5) is 1.60. The first-order valence-electron chi connectivity index (χ1n) is 6.57. The fraction of sp³-hybridized carbons (Fsp3) is 0.500. The summed E-state index contributed by atoms with van der Waals surface area (Å²) < 4.78 is 33.2. The molecule has 1 aromatic carbocycles. The van der Waals surface area contributed by atoms with Crippen LogP contribution < -0.4 is 10.6 Å². The van der Waals surface area contributed by atoms with Gasteiger partial charge in [0.05, 0.1) is 5.69 Å². The topological polar surface area (TPSA) is 38.5 Å². The van der Waals surface area contributed by atoms with Crippen LogP contribution in [0.1, 0.15) is 18.4 Å². The number of nitrogens with zero attached hydrogens (tertiary/aromatic N) is 1. The van der Waals surface area contributed by atoms with Crippen LogP contribution in [0.3, 0.4) is 0 Å². The number of nitrogens with two attached hydrogens (primary N) is 1. The van der Waals surface area contributed by atoms with Crippen LogP contribution in [0.2, 0.25) is 0 Å². The van der Waals surface area contributed by atoms with Gasteiger partial charge in [0.25, 0.3) is 0 Å². The first-order valence-corrected chi connectivity index (χ1v) is 6.98. The highest BCUT2D eigenvalue weighted by Crippen LogP contribution is 2.25. The summed E-state index contributed by atoms with van der Waals surface area (Å²) >= 11 is 4.69. The smallest absolute Gasteiger partial charge is 0.182 e. The molecule has 110 valence electrons. The number of benzene rings is 1. The normalized spacial score (nSPS) is 16.1. The minimum absolute atomic E-state index is 0.0549. The number of rotatable bonds is 4. The molecule has 20 heavy (non-hydrogen) atoms. The van der Waals surface area contributed by atoms with Crippen molar-refractivity contribution in [2.45, 2.75) is 12.8 Å². The van der Waals surface area contributed by atoms with Crippen LogP contribution in [0.5, 0.6) is 0 Å². The van der Waals surface area contributed by atoms with Gasteiger partial charge in [-0.3, -0.25) is 0 Å². The Hall–Kier alpha value is -1.27. The SMILES string of the molecule is CN(CC1CCOCC1)c1ccc(C(N)=S)c(F)c1F. The van der Waals surface area contributed by atoms with Crippen LogP contribution >= 0.6 is 12.2 Å². The van der Waals surface area contributed by atoms with Gasteiger partial charge < -0.3 is 15.4 Å². The van der Waals surface area contributed by atoms with E-state index in [1.54, 1.807) is 11.9 Å². The van der Waals surface area contributed by atoms with E-state index in [1.165, 1.54) is 12.1 Å². The molecule has 0 atom stereocenters. The highest BCUT2D eigenvalue weighted by atomic mass is 32.1. The Labute approximate surface area is 122 Å². The van der Waals surface area contributed by atoms with E-state index in [4.69, 9.17) is 22.7 Å². The molecule has 1 aliphatic rings. The molecule has 2 N–H and O–H groups in total. The molecule has 1 heterocycles. The predicted octanol–water partition coefficient (Wildman–Crippen LogP) is 2.46. The lowest BCUT2D eigenvalue weighted by Crippen LogP contribution is -2.30. The summed E-state index contributed by atoms with van der Waals surface area (Å²) in [6, 6.07) is 2.95. The van der Waals surface area contributed by atoms with Crippen molar-refractivity contribution in [2.24, 2.45) is 11.7 Å². The fourth-order valence-electron chi connectivity index (χ4n) is 2.44. The van der Waals surface area contributed by atoms with Gasteiger partial charge >= 0.3 is 0 Å². The lowest BCUT2D eigenvalue weighted by molar-refractivity contribution is 0.0685. The molecular weight excluding hydrogens is 282 g/mol. The van der Waals surface area contributed by atoms with Crippen molar-refractivity contribution in [3.8, 4) is 0 Å².